The standard InChI is InChI=1S/C12H20N4O4S/c1-2-4-10-7-11(14-13-10)15-21(19,20)16-6-3-5-9(8-16)12(17)18/h7,9H,2-6,8H2,1H3,(H,17,18)(H2,13,14,15). The molecular formula is C12H20N4O4S. The van der Waals surface area contributed by atoms with Crippen LogP contribution >= 0.6 is 0 Å². The van der Waals surface area contributed by atoms with Gasteiger partial charge in [-0.3, -0.25) is 14.6 Å². The van der Waals surface area contributed by atoms with E-state index in [4.69, 9.17) is 5.11 Å². The minimum atomic E-state index is -3.77. The fraction of sp³-hybridized carbons (Fsp3) is 0.667. The van der Waals surface area contributed by atoms with Crippen LogP contribution in [-0.4, -0.2) is 47.1 Å². The molecule has 3 N–H and O–H groups in total. The quantitative estimate of drug-likeness (QED) is 0.718. The van der Waals surface area contributed by atoms with Crippen LogP contribution in [0.25, 0.3) is 0 Å². The highest BCUT2D eigenvalue weighted by molar-refractivity contribution is 7.90. The molecule has 0 aliphatic carbocycles. The van der Waals surface area contributed by atoms with Gasteiger partial charge >= 0.3 is 16.2 Å². The molecule has 2 heterocycles. The first-order valence-corrected chi connectivity index (χ1v) is 8.41. The number of aromatic nitrogens is 2. The van der Waals surface area contributed by atoms with E-state index in [1.807, 2.05) is 6.92 Å². The van der Waals surface area contributed by atoms with Gasteiger partial charge in [0.25, 0.3) is 0 Å². The number of H-pyrrole nitrogens is 1. The minimum absolute atomic E-state index is 0.00307. The normalized spacial score (nSPS) is 20.3. The van der Waals surface area contributed by atoms with Crippen molar-refractivity contribution in [3.05, 3.63) is 11.8 Å². The number of carboxylic acid groups (broad SMARTS) is 1. The summed E-state index contributed by atoms with van der Waals surface area (Å²) in [5.74, 6) is -1.37. The molecule has 0 aromatic carbocycles. The van der Waals surface area contributed by atoms with E-state index in [9.17, 15) is 13.2 Å². The number of hydrogen-bond donors (Lipinski definition) is 3. The SMILES string of the molecule is CCCc1cc(NS(=O)(=O)N2CCCC(C(=O)O)C2)n[nH]1. The van der Waals surface area contributed by atoms with E-state index >= 15 is 0 Å². The molecule has 1 atom stereocenters. The second-order valence-corrected chi connectivity index (χ2v) is 6.84. The summed E-state index contributed by atoms with van der Waals surface area (Å²) in [5, 5.41) is 15.7. The van der Waals surface area contributed by atoms with Gasteiger partial charge in [0, 0.05) is 24.8 Å². The second-order valence-electron chi connectivity index (χ2n) is 5.17. The number of aliphatic carboxylic acids is 1. The van der Waals surface area contributed by atoms with E-state index in [0.717, 1.165) is 18.5 Å². The Hall–Kier alpha value is -1.61. The van der Waals surface area contributed by atoms with Gasteiger partial charge in [-0.1, -0.05) is 13.3 Å². The molecule has 0 radical (unpaired) electrons. The number of aromatic amines is 1. The molecule has 21 heavy (non-hydrogen) atoms. The molecule has 2 rings (SSSR count). The van der Waals surface area contributed by atoms with Crippen molar-refractivity contribution in [1.29, 1.82) is 0 Å². The average molecular weight is 316 g/mol. The smallest absolute Gasteiger partial charge is 0.307 e. The molecule has 1 fully saturated rings. The number of nitrogens with one attached hydrogen (secondary N) is 2. The Morgan fingerprint density at radius 1 is 1.62 bits per heavy atom. The first-order chi connectivity index (χ1) is 9.92. The first-order valence-electron chi connectivity index (χ1n) is 6.97. The molecule has 1 aliphatic rings. The predicted octanol–water partition coefficient (Wildman–Crippen LogP) is 0.815. The molecule has 1 unspecified atom stereocenters. The molecule has 0 spiro atoms. The Morgan fingerprint density at radius 3 is 3.05 bits per heavy atom. The Balaban J connectivity index is 2.04. The molecule has 0 bridgehead atoms. The van der Waals surface area contributed by atoms with Gasteiger partial charge in [-0.25, -0.2) is 0 Å². The summed E-state index contributed by atoms with van der Waals surface area (Å²) in [5.41, 5.74) is 0.859. The van der Waals surface area contributed by atoms with Gasteiger partial charge in [-0.2, -0.15) is 17.8 Å². The van der Waals surface area contributed by atoms with Crippen molar-refractivity contribution in [2.24, 2.45) is 5.92 Å². The van der Waals surface area contributed by atoms with E-state index in [-0.39, 0.29) is 12.4 Å². The fourth-order valence-electron chi connectivity index (χ4n) is 2.37. The van der Waals surface area contributed by atoms with Gasteiger partial charge in [0.2, 0.25) is 0 Å². The van der Waals surface area contributed by atoms with Crippen molar-refractivity contribution in [2.45, 2.75) is 32.6 Å². The summed E-state index contributed by atoms with van der Waals surface area (Å²) in [4.78, 5) is 11.0. The predicted molar refractivity (Wildman–Crippen MR) is 77.1 cm³/mol. The molecule has 1 aromatic rings. The number of aryl methyl sites for hydroxylation is 1. The van der Waals surface area contributed by atoms with Crippen LogP contribution in [0.15, 0.2) is 6.07 Å². The Morgan fingerprint density at radius 2 is 2.38 bits per heavy atom. The van der Waals surface area contributed by atoms with E-state index in [1.165, 1.54) is 4.31 Å². The highest BCUT2D eigenvalue weighted by Gasteiger charge is 2.32. The van der Waals surface area contributed by atoms with Gasteiger partial charge < -0.3 is 5.11 Å². The number of rotatable bonds is 6. The van der Waals surface area contributed by atoms with Crippen LogP contribution in [0.5, 0.6) is 0 Å². The average Bonchev–Trinajstić information content (AvgIpc) is 2.86. The van der Waals surface area contributed by atoms with Crippen LogP contribution in [0, 0.1) is 5.92 Å². The molecule has 1 aromatic heterocycles. The number of anilines is 1. The summed E-state index contributed by atoms with van der Waals surface area (Å²) in [6.07, 6.45) is 2.77. The molecule has 9 heteroatoms. The van der Waals surface area contributed by atoms with Crippen LogP contribution in [-0.2, 0) is 21.4 Å². The van der Waals surface area contributed by atoms with Crippen molar-refractivity contribution in [3.63, 3.8) is 0 Å². The lowest BCUT2D eigenvalue weighted by Gasteiger charge is -2.29. The lowest BCUT2D eigenvalue weighted by atomic mass is 10.0. The lowest BCUT2D eigenvalue weighted by molar-refractivity contribution is -0.142. The molecular weight excluding hydrogens is 296 g/mol. The number of nitrogens with zero attached hydrogens (tertiary/aromatic N) is 2. The zero-order valence-corrected chi connectivity index (χ0v) is 12.7. The highest BCUT2D eigenvalue weighted by atomic mass is 32.2. The minimum Gasteiger partial charge on any atom is -0.481 e. The van der Waals surface area contributed by atoms with Gasteiger partial charge in [-0.05, 0) is 19.3 Å². The van der Waals surface area contributed by atoms with E-state index in [0.29, 0.717) is 19.4 Å². The van der Waals surface area contributed by atoms with Crippen molar-refractivity contribution in [3.8, 4) is 0 Å². The van der Waals surface area contributed by atoms with Gasteiger partial charge in [0.05, 0.1) is 5.92 Å². The summed E-state index contributed by atoms with van der Waals surface area (Å²) in [6.45, 7) is 2.34. The maximum absolute atomic E-state index is 12.3. The van der Waals surface area contributed by atoms with Crippen LogP contribution in [0.3, 0.4) is 0 Å². The zero-order chi connectivity index (χ0) is 15.5. The Labute approximate surface area is 123 Å². The van der Waals surface area contributed by atoms with Crippen molar-refractivity contribution in [1.82, 2.24) is 14.5 Å². The van der Waals surface area contributed by atoms with E-state index in [1.54, 1.807) is 6.07 Å². The summed E-state index contributed by atoms with van der Waals surface area (Å²) in [6, 6.07) is 1.65. The van der Waals surface area contributed by atoms with Gasteiger partial charge in [0.15, 0.2) is 5.82 Å². The molecule has 0 saturated carbocycles. The molecule has 1 aliphatic heterocycles. The monoisotopic (exact) mass is 316 g/mol. The van der Waals surface area contributed by atoms with Gasteiger partial charge in [-0.15, -0.1) is 0 Å². The molecule has 1 saturated heterocycles. The highest BCUT2D eigenvalue weighted by Crippen LogP contribution is 2.20. The number of piperidine rings is 1. The van der Waals surface area contributed by atoms with Crippen LogP contribution in [0.2, 0.25) is 0 Å². The Kier molecular flexibility index (Phi) is 4.84. The summed E-state index contributed by atoms with van der Waals surface area (Å²) < 4.78 is 28.1. The molecule has 0 amide bonds. The van der Waals surface area contributed by atoms with Gasteiger partial charge in [0.1, 0.15) is 0 Å². The largest absolute Gasteiger partial charge is 0.481 e. The maximum Gasteiger partial charge on any atom is 0.307 e. The lowest BCUT2D eigenvalue weighted by Crippen LogP contribution is -2.44. The fourth-order valence-corrected chi connectivity index (χ4v) is 3.61. The number of carboxylic acids is 1. The first kappa shape index (κ1) is 15.8. The Bertz CT molecular complexity index is 598. The van der Waals surface area contributed by atoms with E-state index in [2.05, 4.69) is 14.9 Å². The van der Waals surface area contributed by atoms with Crippen molar-refractivity contribution >= 4 is 22.0 Å². The third-order valence-electron chi connectivity index (χ3n) is 3.46. The maximum atomic E-state index is 12.3. The molecule has 8 nitrogen and oxygen atoms in total. The summed E-state index contributed by atoms with van der Waals surface area (Å²) >= 11 is 0. The van der Waals surface area contributed by atoms with Crippen LogP contribution < -0.4 is 4.72 Å². The zero-order valence-electron chi connectivity index (χ0n) is 11.9. The van der Waals surface area contributed by atoms with Crippen molar-refractivity contribution in [2.75, 3.05) is 17.8 Å². The number of carbonyl (C=O) groups is 1. The van der Waals surface area contributed by atoms with E-state index < -0.39 is 22.1 Å². The topological polar surface area (TPSA) is 115 Å². The number of hydrogen-bond acceptors (Lipinski definition) is 4. The third-order valence-corrected chi connectivity index (χ3v) is 4.94. The third kappa shape index (κ3) is 3.94. The van der Waals surface area contributed by atoms with Crippen molar-refractivity contribution < 1.29 is 18.3 Å². The van der Waals surface area contributed by atoms with Crippen LogP contribution in [0.4, 0.5) is 5.82 Å². The van der Waals surface area contributed by atoms with Crippen LogP contribution in [0.1, 0.15) is 31.9 Å². The summed E-state index contributed by atoms with van der Waals surface area (Å²) in [7, 11) is -3.77. The molecule has 118 valence electrons. The second kappa shape index (κ2) is 6.44.